The number of carbonyl (C=O) groups is 1. The Hall–Kier alpha value is -1.86. The Morgan fingerprint density at radius 3 is 2.54 bits per heavy atom. The van der Waals surface area contributed by atoms with Crippen molar-refractivity contribution in [1.82, 2.24) is 9.80 Å². The molecule has 2 rings (SSSR count). The van der Waals surface area contributed by atoms with E-state index in [9.17, 15) is 4.79 Å². The average Bonchev–Trinajstić information content (AvgIpc) is 2.57. The number of rotatable bonds is 6. The molecule has 1 aromatic carbocycles. The number of para-hydroxylation sites is 2. The van der Waals surface area contributed by atoms with Gasteiger partial charge in [-0.05, 0) is 38.2 Å². The molecule has 7 heteroatoms. The van der Waals surface area contributed by atoms with Gasteiger partial charge in [0.2, 0.25) is 0 Å². The fourth-order valence-corrected chi connectivity index (χ4v) is 2.84. The summed E-state index contributed by atoms with van der Waals surface area (Å²) in [6, 6.07) is 7.76. The van der Waals surface area contributed by atoms with E-state index < -0.39 is 0 Å². The van der Waals surface area contributed by atoms with E-state index in [0.717, 1.165) is 37.6 Å². The number of nitrogens with zero attached hydrogens (tertiary/aromatic N) is 2. The lowest BCUT2D eigenvalue weighted by atomic mass is 10.3. The zero-order chi connectivity index (χ0) is 17.4. The number of hydrogen-bond donors (Lipinski definition) is 1. The molecule has 24 heavy (non-hydrogen) atoms. The molecule has 0 radical (unpaired) electrons. The topological polar surface area (TPSA) is 54.0 Å². The average molecular weight is 351 g/mol. The maximum atomic E-state index is 11.5. The highest BCUT2D eigenvalue weighted by Crippen LogP contribution is 2.24. The summed E-state index contributed by atoms with van der Waals surface area (Å²) in [6.45, 7) is 8.28. The molecule has 1 aromatic rings. The van der Waals surface area contributed by atoms with Gasteiger partial charge < -0.3 is 19.7 Å². The summed E-state index contributed by atoms with van der Waals surface area (Å²) < 4.78 is 10.6. The Balaban J connectivity index is 1.84. The molecule has 0 aliphatic carbocycles. The van der Waals surface area contributed by atoms with Crippen LogP contribution >= 0.6 is 12.2 Å². The van der Waals surface area contributed by atoms with Crippen LogP contribution < -0.4 is 10.1 Å². The van der Waals surface area contributed by atoms with Crippen LogP contribution in [0.3, 0.4) is 0 Å². The van der Waals surface area contributed by atoms with E-state index in [-0.39, 0.29) is 5.97 Å². The van der Waals surface area contributed by atoms with Crippen molar-refractivity contribution in [1.29, 1.82) is 0 Å². The van der Waals surface area contributed by atoms with E-state index in [1.54, 1.807) is 0 Å². The van der Waals surface area contributed by atoms with Crippen molar-refractivity contribution in [2.24, 2.45) is 0 Å². The van der Waals surface area contributed by atoms with Gasteiger partial charge in [-0.2, -0.15) is 0 Å². The summed E-state index contributed by atoms with van der Waals surface area (Å²) >= 11 is 5.52. The van der Waals surface area contributed by atoms with Gasteiger partial charge in [0, 0.05) is 26.2 Å². The summed E-state index contributed by atoms with van der Waals surface area (Å²) in [5, 5.41) is 3.94. The molecule has 0 spiro atoms. The van der Waals surface area contributed by atoms with Gasteiger partial charge in [0.05, 0.1) is 25.4 Å². The lowest BCUT2D eigenvalue weighted by molar-refractivity contribution is -0.144. The van der Waals surface area contributed by atoms with Gasteiger partial charge >= 0.3 is 5.97 Å². The lowest BCUT2D eigenvalue weighted by Gasteiger charge is -2.35. The van der Waals surface area contributed by atoms with Gasteiger partial charge in [-0.25, -0.2) is 0 Å². The van der Waals surface area contributed by atoms with Crippen LogP contribution in [0.1, 0.15) is 13.8 Å². The molecule has 1 aliphatic heterocycles. The molecule has 0 bridgehead atoms. The van der Waals surface area contributed by atoms with Crippen molar-refractivity contribution < 1.29 is 14.3 Å². The molecule has 1 heterocycles. The number of hydrogen-bond acceptors (Lipinski definition) is 5. The molecular weight excluding hydrogens is 326 g/mol. The molecule has 0 unspecified atom stereocenters. The zero-order valence-electron chi connectivity index (χ0n) is 14.3. The van der Waals surface area contributed by atoms with E-state index in [1.165, 1.54) is 0 Å². The van der Waals surface area contributed by atoms with Crippen molar-refractivity contribution in [3.8, 4) is 5.75 Å². The SMILES string of the molecule is CCOC(=O)CN1CCN(C(=S)Nc2ccccc2OCC)CC1. The normalized spacial score (nSPS) is 15.0. The van der Waals surface area contributed by atoms with Crippen LogP contribution in [0.2, 0.25) is 0 Å². The first-order valence-electron chi connectivity index (χ1n) is 8.29. The molecule has 1 aliphatic rings. The molecule has 0 atom stereocenters. The number of esters is 1. The quantitative estimate of drug-likeness (QED) is 0.621. The molecule has 0 aromatic heterocycles. The second-order valence-corrected chi connectivity index (χ2v) is 5.81. The summed E-state index contributed by atoms with van der Waals surface area (Å²) in [4.78, 5) is 15.7. The Morgan fingerprint density at radius 1 is 1.17 bits per heavy atom. The maximum Gasteiger partial charge on any atom is 0.320 e. The molecule has 1 saturated heterocycles. The van der Waals surface area contributed by atoms with Gasteiger partial charge in [-0.3, -0.25) is 9.69 Å². The third-order valence-corrected chi connectivity index (χ3v) is 4.11. The summed E-state index contributed by atoms with van der Waals surface area (Å²) in [5.41, 5.74) is 0.873. The van der Waals surface area contributed by atoms with Crippen molar-refractivity contribution in [3.63, 3.8) is 0 Å². The van der Waals surface area contributed by atoms with E-state index in [4.69, 9.17) is 21.7 Å². The van der Waals surface area contributed by atoms with Crippen LogP contribution in [0.4, 0.5) is 5.69 Å². The van der Waals surface area contributed by atoms with Gasteiger partial charge in [0.15, 0.2) is 5.11 Å². The maximum absolute atomic E-state index is 11.5. The van der Waals surface area contributed by atoms with Gasteiger partial charge in [0.25, 0.3) is 0 Å². The molecule has 1 N–H and O–H groups in total. The number of benzene rings is 1. The van der Waals surface area contributed by atoms with Crippen LogP contribution in [0, 0.1) is 0 Å². The smallest absolute Gasteiger partial charge is 0.320 e. The number of piperazine rings is 1. The van der Waals surface area contributed by atoms with E-state index in [1.807, 2.05) is 38.1 Å². The molecule has 132 valence electrons. The van der Waals surface area contributed by atoms with Crippen LogP contribution in [0.5, 0.6) is 5.75 Å². The molecular formula is C17H25N3O3S. The van der Waals surface area contributed by atoms with Crippen LogP contribution in [0.25, 0.3) is 0 Å². The first-order valence-corrected chi connectivity index (χ1v) is 8.70. The first kappa shape index (κ1) is 18.5. The minimum Gasteiger partial charge on any atom is -0.492 e. The number of carbonyl (C=O) groups excluding carboxylic acids is 1. The van der Waals surface area contributed by atoms with E-state index in [2.05, 4.69) is 15.1 Å². The van der Waals surface area contributed by atoms with Crippen molar-refractivity contribution >= 4 is 29.0 Å². The summed E-state index contributed by atoms with van der Waals surface area (Å²) in [6.07, 6.45) is 0. The summed E-state index contributed by atoms with van der Waals surface area (Å²) in [7, 11) is 0. The molecule has 6 nitrogen and oxygen atoms in total. The Labute approximate surface area is 148 Å². The fraction of sp³-hybridized carbons (Fsp3) is 0.529. The first-order chi connectivity index (χ1) is 11.6. The largest absolute Gasteiger partial charge is 0.492 e. The van der Waals surface area contributed by atoms with Crippen LogP contribution in [0.15, 0.2) is 24.3 Å². The second-order valence-electron chi connectivity index (χ2n) is 5.43. The van der Waals surface area contributed by atoms with Gasteiger partial charge in [-0.1, -0.05) is 12.1 Å². The standard InChI is InChI=1S/C17H25N3O3S/c1-3-22-15-8-6-5-7-14(15)18-17(24)20-11-9-19(10-12-20)13-16(21)23-4-2/h5-8H,3-4,9-13H2,1-2H3,(H,18,24). The van der Waals surface area contributed by atoms with Crippen molar-refractivity contribution in [2.45, 2.75) is 13.8 Å². The predicted octanol–water partition coefficient (Wildman–Crippen LogP) is 1.96. The monoisotopic (exact) mass is 351 g/mol. The predicted molar refractivity (Wildman–Crippen MR) is 98.5 cm³/mol. The van der Waals surface area contributed by atoms with Gasteiger partial charge in [-0.15, -0.1) is 0 Å². The fourth-order valence-electron chi connectivity index (χ4n) is 2.54. The highest BCUT2D eigenvalue weighted by molar-refractivity contribution is 7.80. The highest BCUT2D eigenvalue weighted by Gasteiger charge is 2.21. The van der Waals surface area contributed by atoms with Crippen molar-refractivity contribution in [2.75, 3.05) is 51.3 Å². The summed E-state index contributed by atoms with van der Waals surface area (Å²) in [5.74, 6) is 0.626. The number of ether oxygens (including phenoxy) is 2. The molecule has 1 fully saturated rings. The number of thiocarbonyl (C=S) groups is 1. The van der Waals surface area contributed by atoms with Crippen LogP contribution in [-0.2, 0) is 9.53 Å². The third kappa shape index (κ3) is 5.35. The third-order valence-electron chi connectivity index (χ3n) is 3.75. The minimum atomic E-state index is -0.169. The number of nitrogens with one attached hydrogen (secondary N) is 1. The minimum absolute atomic E-state index is 0.169. The molecule has 0 saturated carbocycles. The Kier molecular flexibility index (Phi) is 7.27. The highest BCUT2D eigenvalue weighted by atomic mass is 32.1. The number of anilines is 1. The lowest BCUT2D eigenvalue weighted by Crippen LogP contribution is -2.51. The second kappa shape index (κ2) is 9.44. The molecule has 0 amide bonds. The van der Waals surface area contributed by atoms with E-state index >= 15 is 0 Å². The Bertz CT molecular complexity index is 560. The Morgan fingerprint density at radius 2 is 1.88 bits per heavy atom. The van der Waals surface area contributed by atoms with Crippen molar-refractivity contribution in [3.05, 3.63) is 24.3 Å². The van der Waals surface area contributed by atoms with E-state index in [0.29, 0.717) is 24.9 Å². The van der Waals surface area contributed by atoms with Gasteiger partial charge in [0.1, 0.15) is 5.75 Å². The zero-order valence-corrected chi connectivity index (χ0v) is 15.1. The van der Waals surface area contributed by atoms with Crippen LogP contribution in [-0.4, -0.2) is 66.8 Å².